The second kappa shape index (κ2) is 13.8. The molecule has 1 aliphatic rings. The first-order valence-electron chi connectivity index (χ1n) is 19.6. The number of benzene rings is 6. The molecule has 0 saturated carbocycles. The quantitative estimate of drug-likeness (QED) is 0.136. The first-order valence-corrected chi connectivity index (χ1v) is 21.6. The molecule has 0 N–H and O–H groups in total. The molecule has 3 heterocycles. The van der Waals surface area contributed by atoms with Crippen molar-refractivity contribution in [2.24, 2.45) is 0 Å². The van der Waals surface area contributed by atoms with E-state index in [1.54, 1.807) is 17.8 Å². The van der Waals surface area contributed by atoms with Crippen LogP contribution in [0.2, 0.25) is 0 Å². The summed E-state index contributed by atoms with van der Waals surface area (Å²) in [6.07, 6.45) is 12.0. The van der Waals surface area contributed by atoms with Crippen LogP contribution in [0.4, 0.5) is 0 Å². The average Bonchev–Trinajstić information content (AvgIpc) is 3.94. The van der Waals surface area contributed by atoms with Crippen LogP contribution in [-0.2, 0) is 5.41 Å². The molecule has 0 aliphatic heterocycles. The van der Waals surface area contributed by atoms with E-state index in [0.717, 1.165) is 61.5 Å². The number of nitrogens with zero attached hydrogens (tertiary/aromatic N) is 2. The highest BCUT2D eigenvalue weighted by Crippen LogP contribution is 2.52. The molecule has 0 saturated heterocycles. The third kappa shape index (κ3) is 5.30. The number of allylic oxidation sites excluding steroid dienone is 1. The number of hydrogen-bond acceptors (Lipinski definition) is 3. The second-order valence-electron chi connectivity index (χ2n) is 15.4. The maximum Gasteiger partial charge on any atom is 0.135 e. The number of furan rings is 1. The Morgan fingerprint density at radius 2 is 1.33 bits per heavy atom. The lowest BCUT2D eigenvalue weighted by Crippen LogP contribution is -2.14. The van der Waals surface area contributed by atoms with Gasteiger partial charge in [0.15, 0.2) is 0 Å². The molecule has 5 heteroatoms. The van der Waals surface area contributed by atoms with Gasteiger partial charge in [0.05, 0.1) is 22.2 Å². The summed E-state index contributed by atoms with van der Waals surface area (Å²) < 4.78 is 10.9. The maximum atomic E-state index is 6.18. The predicted molar refractivity (Wildman–Crippen MR) is 252 cm³/mol. The topological polar surface area (TPSA) is 23.0 Å². The summed E-state index contributed by atoms with van der Waals surface area (Å²) in [6.45, 7) is 19.4. The molecule has 0 fully saturated rings. The van der Waals surface area contributed by atoms with Gasteiger partial charge in [-0.3, -0.25) is 0 Å². The fraction of sp³-hybridized carbons (Fsp3) is 0.0943. The van der Waals surface area contributed by atoms with Crippen LogP contribution in [0, 0.1) is 0 Å². The summed E-state index contributed by atoms with van der Waals surface area (Å²) in [5, 5.41) is 4.61. The smallest absolute Gasteiger partial charge is 0.135 e. The fourth-order valence-corrected chi connectivity index (χ4v) is 11.0. The lowest BCUT2D eigenvalue weighted by molar-refractivity contribution is 0.603. The summed E-state index contributed by atoms with van der Waals surface area (Å²) in [5.41, 5.74) is 14.7. The van der Waals surface area contributed by atoms with Gasteiger partial charge in [0.2, 0.25) is 0 Å². The summed E-state index contributed by atoms with van der Waals surface area (Å²) in [5.74, 6) is 0.780. The van der Waals surface area contributed by atoms with Gasteiger partial charge in [-0.15, -0.1) is 11.8 Å². The van der Waals surface area contributed by atoms with E-state index in [4.69, 9.17) is 4.42 Å². The molecule has 0 bridgehead atoms. The Labute approximate surface area is 347 Å². The molecule has 10 rings (SSSR count). The molecule has 3 nitrogen and oxygen atoms in total. The minimum atomic E-state index is -0.158. The zero-order valence-electron chi connectivity index (χ0n) is 33.1. The standard InChI is InChI=1S/C53H42N2OS2/c1-8-16-37-42-28-33(22-26-50(42)56-49(37)11-4)55-46-18-13-12-17-36(46)40-27-32(21-25-47(40)55)54-45(10-3)35(9-2)41-30-44-39(31-48(41)54)38-29-34(23-24-43(38)53(44,5)6)58-52-20-15-14-19-51(52)57-7/h8-31H,2-4H2,1,5-7H3/b16-8-. The molecule has 0 spiro atoms. The lowest BCUT2D eigenvalue weighted by Gasteiger charge is -2.22. The Balaban J connectivity index is 1.17. The van der Waals surface area contributed by atoms with Crippen molar-refractivity contribution in [2.45, 2.75) is 40.9 Å². The molecule has 9 aromatic rings. The zero-order chi connectivity index (χ0) is 39.9. The van der Waals surface area contributed by atoms with Crippen molar-refractivity contribution >= 4 is 91.5 Å². The van der Waals surface area contributed by atoms with Crippen molar-refractivity contribution in [2.75, 3.05) is 6.26 Å². The third-order valence-electron chi connectivity index (χ3n) is 11.9. The molecule has 282 valence electrons. The first kappa shape index (κ1) is 36.2. The summed E-state index contributed by atoms with van der Waals surface area (Å²) in [6, 6.07) is 42.5. The van der Waals surface area contributed by atoms with E-state index in [0.29, 0.717) is 0 Å². The highest BCUT2D eigenvalue weighted by Gasteiger charge is 2.37. The monoisotopic (exact) mass is 786 g/mol. The summed E-state index contributed by atoms with van der Waals surface area (Å²) in [7, 11) is 0. The Morgan fingerprint density at radius 3 is 2.10 bits per heavy atom. The highest BCUT2D eigenvalue weighted by atomic mass is 32.2. The van der Waals surface area contributed by atoms with E-state index in [-0.39, 0.29) is 5.41 Å². The number of aromatic nitrogens is 2. The summed E-state index contributed by atoms with van der Waals surface area (Å²) >= 11 is 3.63. The minimum absolute atomic E-state index is 0.158. The second-order valence-corrected chi connectivity index (χ2v) is 17.3. The minimum Gasteiger partial charge on any atom is -0.456 e. The molecule has 0 unspecified atom stereocenters. The van der Waals surface area contributed by atoms with Crippen LogP contribution in [0.15, 0.2) is 160 Å². The molecule has 1 aliphatic carbocycles. The van der Waals surface area contributed by atoms with Crippen molar-refractivity contribution in [3.8, 4) is 22.5 Å². The van der Waals surface area contributed by atoms with Crippen LogP contribution in [0.5, 0.6) is 0 Å². The summed E-state index contributed by atoms with van der Waals surface area (Å²) in [4.78, 5) is 3.81. The Kier molecular flexibility index (Phi) is 8.59. The van der Waals surface area contributed by atoms with Crippen molar-refractivity contribution in [3.63, 3.8) is 0 Å². The van der Waals surface area contributed by atoms with Gasteiger partial charge in [0.25, 0.3) is 0 Å². The Bertz CT molecular complexity index is 3240. The normalized spacial score (nSPS) is 13.2. The van der Waals surface area contributed by atoms with Crippen molar-refractivity contribution in [3.05, 3.63) is 175 Å². The van der Waals surface area contributed by atoms with E-state index >= 15 is 0 Å². The SMILES string of the molecule is C=Cc1oc2ccc(-n3c4ccccc4c4cc(-n5c(C=C)c(C=C)c6cc7c(cc65)-c5cc(Sc6ccccc6SC)ccc5C7(C)C)ccc43)cc2c1/C=C\C. The molecular formula is C53H42N2OS2. The zero-order valence-corrected chi connectivity index (χ0v) is 34.7. The Hall–Kier alpha value is -6.14. The largest absolute Gasteiger partial charge is 0.456 e. The molecule has 0 atom stereocenters. The molecule has 58 heavy (non-hydrogen) atoms. The number of rotatable bonds is 9. The molecule has 0 radical (unpaired) electrons. The van der Waals surface area contributed by atoms with E-state index in [2.05, 4.69) is 170 Å². The fourth-order valence-electron chi connectivity index (χ4n) is 9.27. The van der Waals surface area contributed by atoms with Gasteiger partial charge < -0.3 is 13.6 Å². The molecular weight excluding hydrogens is 745 g/mol. The van der Waals surface area contributed by atoms with Gasteiger partial charge in [0.1, 0.15) is 11.3 Å². The van der Waals surface area contributed by atoms with Crippen LogP contribution in [0.3, 0.4) is 0 Å². The van der Waals surface area contributed by atoms with E-state index in [1.807, 2.05) is 36.9 Å². The number of thioether (sulfide) groups is 1. The molecule has 0 amide bonds. The first-order chi connectivity index (χ1) is 28.3. The van der Waals surface area contributed by atoms with Gasteiger partial charge in [-0.2, -0.15) is 0 Å². The van der Waals surface area contributed by atoms with Gasteiger partial charge >= 0.3 is 0 Å². The third-order valence-corrected chi connectivity index (χ3v) is 13.9. The number of hydrogen-bond donors (Lipinski definition) is 0. The van der Waals surface area contributed by atoms with Crippen LogP contribution in [0.25, 0.3) is 90.5 Å². The van der Waals surface area contributed by atoms with Gasteiger partial charge in [0, 0.05) is 64.1 Å². The van der Waals surface area contributed by atoms with Gasteiger partial charge in [-0.25, -0.2) is 0 Å². The van der Waals surface area contributed by atoms with E-state index < -0.39 is 0 Å². The molecule has 6 aromatic carbocycles. The maximum absolute atomic E-state index is 6.18. The predicted octanol–water partition coefficient (Wildman–Crippen LogP) is 15.6. The van der Waals surface area contributed by atoms with Crippen LogP contribution in [0.1, 0.15) is 54.5 Å². The van der Waals surface area contributed by atoms with E-state index in [9.17, 15) is 0 Å². The van der Waals surface area contributed by atoms with Crippen LogP contribution < -0.4 is 0 Å². The van der Waals surface area contributed by atoms with E-state index in [1.165, 1.54) is 53.1 Å². The molecule has 3 aromatic heterocycles. The van der Waals surface area contributed by atoms with Crippen molar-refractivity contribution < 1.29 is 4.42 Å². The van der Waals surface area contributed by atoms with Crippen molar-refractivity contribution in [1.29, 1.82) is 0 Å². The van der Waals surface area contributed by atoms with Crippen LogP contribution in [-0.4, -0.2) is 15.4 Å². The lowest BCUT2D eigenvalue weighted by atomic mass is 9.82. The van der Waals surface area contributed by atoms with Crippen molar-refractivity contribution in [1.82, 2.24) is 9.13 Å². The highest BCUT2D eigenvalue weighted by molar-refractivity contribution is 8.02. The van der Waals surface area contributed by atoms with Gasteiger partial charge in [-0.1, -0.05) is 100.0 Å². The number of para-hydroxylation sites is 1. The van der Waals surface area contributed by atoms with Crippen LogP contribution >= 0.6 is 23.5 Å². The number of fused-ring (bicyclic) bond motifs is 8. The van der Waals surface area contributed by atoms with Gasteiger partial charge in [-0.05, 0) is 126 Å². The Morgan fingerprint density at radius 1 is 0.603 bits per heavy atom. The average molecular weight is 787 g/mol.